The largest absolute Gasteiger partial charge is 0.475 e. The zero-order valence-electron chi connectivity index (χ0n) is 46.6. The second-order valence-corrected chi connectivity index (χ2v) is 24.2. The van der Waals surface area contributed by atoms with Crippen LogP contribution in [-0.4, -0.2) is 186 Å². The van der Waals surface area contributed by atoms with Gasteiger partial charge in [0.25, 0.3) is 5.91 Å². The molecule has 0 spiro atoms. The lowest BCUT2D eigenvalue weighted by molar-refractivity contribution is -0.145. The van der Waals surface area contributed by atoms with Crippen LogP contribution in [0.1, 0.15) is 111 Å². The number of unbranched alkanes of at least 4 members (excludes halogenated alkanes) is 3. The van der Waals surface area contributed by atoms with Gasteiger partial charge in [0.05, 0.1) is 78.0 Å². The predicted octanol–water partition coefficient (Wildman–Crippen LogP) is -0.496. The number of hydrogen-bond donors (Lipinski definition) is 10. The molecule has 5 aliphatic rings. The third-order valence-corrected chi connectivity index (χ3v) is 16.9. The summed E-state index contributed by atoms with van der Waals surface area (Å²) in [5, 5.41) is 45.6. The number of primary amides is 1. The molecule has 0 saturated carbocycles. The zero-order chi connectivity index (χ0) is 59.0. The van der Waals surface area contributed by atoms with Crippen molar-refractivity contribution in [2.45, 2.75) is 165 Å². The minimum Gasteiger partial charge on any atom is -0.475 e. The molecule has 7 rings (SSSR count). The molecule has 1 aromatic carbocycles. The third-order valence-electron chi connectivity index (χ3n) is 15.5. The Labute approximate surface area is 466 Å². The number of carbonyl (C=O) groups excluding carboxylic acids is 10. The van der Waals surface area contributed by atoms with Crippen molar-refractivity contribution in [2.75, 3.05) is 45.6 Å². The molecular formula is C54H79N9O16S. The molecule has 26 heteroatoms. The smallest absolute Gasteiger partial charge is 0.410 e. The van der Waals surface area contributed by atoms with Crippen LogP contribution in [0.3, 0.4) is 0 Å². The van der Waals surface area contributed by atoms with Gasteiger partial charge in [0.1, 0.15) is 22.4 Å². The monoisotopic (exact) mass is 1140 g/mol. The number of nitrogens with zero attached hydrogens (tertiary/aromatic N) is 2. The number of aliphatic hydroxyl groups is 3. The van der Waals surface area contributed by atoms with Crippen LogP contribution in [0, 0.1) is 23.7 Å². The van der Waals surface area contributed by atoms with E-state index in [9.17, 15) is 58.5 Å². The molecule has 5 aliphatic heterocycles. The van der Waals surface area contributed by atoms with E-state index >= 15 is 9.00 Å². The van der Waals surface area contributed by atoms with E-state index in [2.05, 4.69) is 31.6 Å². The van der Waals surface area contributed by atoms with Gasteiger partial charge in [-0.3, -0.25) is 47.4 Å². The quantitative estimate of drug-likeness (QED) is 0.107. The molecule has 2 aromatic rings. The number of nitrogens with two attached hydrogens (primary N) is 1. The molecule has 1 saturated heterocycles. The molecule has 0 radical (unpaired) electrons. The molecule has 8 bridgehead atoms. The van der Waals surface area contributed by atoms with Crippen LogP contribution >= 0.6 is 0 Å². The van der Waals surface area contributed by atoms with Gasteiger partial charge in [-0.1, -0.05) is 40.0 Å². The zero-order valence-corrected chi connectivity index (χ0v) is 47.4. The number of ketones is 2. The van der Waals surface area contributed by atoms with E-state index in [1.807, 2.05) is 6.92 Å². The summed E-state index contributed by atoms with van der Waals surface area (Å²) in [6.45, 7) is 7.84. The first-order valence-electron chi connectivity index (χ1n) is 27.4. The normalized spacial score (nSPS) is 27.8. The summed E-state index contributed by atoms with van der Waals surface area (Å²) in [5.74, 6) is -13.5. The van der Waals surface area contributed by atoms with Gasteiger partial charge in [0.15, 0.2) is 11.6 Å². The van der Waals surface area contributed by atoms with Gasteiger partial charge in [-0.05, 0) is 70.1 Å². The summed E-state index contributed by atoms with van der Waals surface area (Å²) in [5.41, 5.74) is 3.37. The predicted molar refractivity (Wildman–Crippen MR) is 288 cm³/mol. The molecule has 6 heterocycles. The summed E-state index contributed by atoms with van der Waals surface area (Å²) in [6, 6.07) is -1.37. The number of hydrogen-bond acceptors (Lipinski definition) is 16. The number of ether oxygens (including phenoxy) is 2. The van der Waals surface area contributed by atoms with Crippen molar-refractivity contribution >= 4 is 80.7 Å². The second-order valence-electron chi connectivity index (χ2n) is 22.8. The fraction of sp³-hybridized carbons (Fsp3) is 0.667. The van der Waals surface area contributed by atoms with Crippen LogP contribution < -0.4 is 37.1 Å². The maximum absolute atomic E-state index is 15.3. The summed E-state index contributed by atoms with van der Waals surface area (Å²) >= 11 is 0. The van der Waals surface area contributed by atoms with E-state index in [0.717, 1.165) is 4.90 Å². The number of amides is 8. The molecule has 1 fully saturated rings. The molecule has 25 nitrogen and oxygen atoms in total. The van der Waals surface area contributed by atoms with Crippen molar-refractivity contribution < 1.29 is 76.9 Å². The highest BCUT2D eigenvalue weighted by molar-refractivity contribution is 7.85. The number of rotatable bonds is 14. The number of Topliss-reactive ketones (excluding diaryl/α,β-unsaturated/α-hetero) is 2. The molecular weight excluding hydrogens is 1060 g/mol. The van der Waals surface area contributed by atoms with E-state index in [4.69, 9.17) is 15.2 Å². The number of aromatic amines is 1. The third kappa shape index (κ3) is 15.3. The Kier molecular flexibility index (Phi) is 21.0. The molecule has 0 aliphatic carbocycles. The first-order valence-corrected chi connectivity index (χ1v) is 28.7. The van der Waals surface area contributed by atoms with Crippen LogP contribution in [0.15, 0.2) is 23.2 Å². The van der Waals surface area contributed by atoms with Gasteiger partial charge in [0, 0.05) is 69.1 Å². The number of benzene rings is 1. The van der Waals surface area contributed by atoms with Crippen molar-refractivity contribution in [3.63, 3.8) is 0 Å². The van der Waals surface area contributed by atoms with Gasteiger partial charge in [0.2, 0.25) is 41.0 Å². The average Bonchev–Trinajstić information content (AvgIpc) is 4.15. The number of aliphatic hydroxyl groups excluding tert-OH is 3. The first kappa shape index (κ1) is 62.7. The van der Waals surface area contributed by atoms with E-state index < -0.39 is 192 Å². The Balaban J connectivity index is 1.53. The van der Waals surface area contributed by atoms with Crippen molar-refractivity contribution in [1.82, 2.24) is 41.4 Å². The standard InChI is InChI=1S/C54H79N9O16S/c1-8-28(2)46-54(15-11-9-10-12-16-62(7)52(76)79-53(4,5)6)51(75)57-24-43(70)58-37-27-80(77)49-35(34-14-13-33(78-54)22-36(34)59-49)17-30(47(72)56-23-44(71)60-46)18-40(67)45(29(3)41(68)26-64)61-48(73)38-21-32(65)25-63(38)50(74)31(19-39(37)66)20-42(55)69/h13-14,22,28-32,37-38,41,45-46,59,64-65,68H,8-12,15-21,23-27H2,1-7H3,(H2,55,69)(H,56,72)(H,57,75)(H,58,70)(H,60,71)(H,61,73)/t28-,29-,30+,31-,32+,37-,38-,41-,45-,46-,54?,80?/m0/s1. The van der Waals surface area contributed by atoms with Crippen molar-refractivity contribution in [3.05, 3.63) is 23.8 Å². The minimum absolute atomic E-state index is 0.0573. The summed E-state index contributed by atoms with van der Waals surface area (Å²) in [4.78, 5) is 148. The van der Waals surface area contributed by atoms with E-state index in [1.165, 1.54) is 17.9 Å². The molecule has 80 heavy (non-hydrogen) atoms. The molecule has 8 amide bonds. The van der Waals surface area contributed by atoms with Crippen LogP contribution in [-0.2, 0) is 65.1 Å². The SMILES string of the molecule is CC[C@H](C)[C@@H]1NC(=O)CNC(=O)[C@H]2CC(=O)[C@H]([C@@H](C)[C@@H](O)CO)NC(=O)[C@@H]3C[C@@H](O)CN3C(=O)[C@H](CC(N)=O)CC(=O)[C@@H]3CS(=O)c4[nH]c5cc(ccc5c4C2)OC1(CCCCCCN(C)C(=O)OC(C)(C)C)C(=O)NCC(=O)N3. The molecule has 1 aromatic heterocycles. The molecule has 11 N–H and O–H groups in total. The van der Waals surface area contributed by atoms with Crippen LogP contribution in [0.5, 0.6) is 5.75 Å². The number of fused-ring (bicyclic) bond motifs is 9. The Morgan fingerprint density at radius 1 is 0.938 bits per heavy atom. The lowest BCUT2D eigenvalue weighted by Crippen LogP contribution is -2.67. The van der Waals surface area contributed by atoms with Crippen molar-refractivity contribution in [1.29, 1.82) is 0 Å². The highest BCUT2D eigenvalue weighted by Gasteiger charge is 2.51. The van der Waals surface area contributed by atoms with E-state index in [1.54, 1.807) is 46.9 Å². The van der Waals surface area contributed by atoms with Crippen LogP contribution in [0.2, 0.25) is 0 Å². The van der Waals surface area contributed by atoms with Gasteiger partial charge in [-0.15, -0.1) is 0 Å². The highest BCUT2D eigenvalue weighted by Crippen LogP contribution is 2.37. The van der Waals surface area contributed by atoms with Crippen molar-refractivity contribution in [3.8, 4) is 5.75 Å². The maximum atomic E-state index is 15.3. The number of carbonyl (C=O) groups is 10. The Morgan fingerprint density at radius 2 is 1.62 bits per heavy atom. The summed E-state index contributed by atoms with van der Waals surface area (Å²) < 4.78 is 27.5. The molecule has 12 atom stereocenters. The fourth-order valence-electron chi connectivity index (χ4n) is 10.9. The lowest BCUT2D eigenvalue weighted by Gasteiger charge is -2.42. The van der Waals surface area contributed by atoms with Gasteiger partial charge >= 0.3 is 6.09 Å². The Hall–Kier alpha value is -6.51. The molecule has 2 unspecified atom stereocenters. The van der Waals surface area contributed by atoms with Crippen LogP contribution in [0.4, 0.5) is 4.79 Å². The number of H-pyrrole nitrogens is 1. The minimum atomic E-state index is -2.32. The number of aromatic nitrogens is 1. The lowest BCUT2D eigenvalue weighted by atomic mass is 9.79. The topological polar surface area (TPSA) is 375 Å². The van der Waals surface area contributed by atoms with E-state index in [-0.39, 0.29) is 41.1 Å². The summed E-state index contributed by atoms with van der Waals surface area (Å²) in [7, 11) is -0.694. The average molecular weight is 1140 g/mol. The van der Waals surface area contributed by atoms with Gasteiger partial charge < -0.3 is 71.9 Å². The Morgan fingerprint density at radius 3 is 2.30 bits per heavy atom. The van der Waals surface area contributed by atoms with Gasteiger partial charge in [-0.25, -0.2) is 4.79 Å². The fourth-order valence-corrected chi connectivity index (χ4v) is 12.3. The first-order chi connectivity index (χ1) is 37.7. The number of nitrogens with one attached hydrogen (secondary N) is 6. The molecule has 442 valence electrons. The van der Waals surface area contributed by atoms with Crippen molar-refractivity contribution in [2.24, 2.45) is 29.4 Å². The Bertz CT molecular complexity index is 2710. The second kappa shape index (κ2) is 26.8. The van der Waals surface area contributed by atoms with Gasteiger partial charge in [-0.2, -0.15) is 0 Å². The van der Waals surface area contributed by atoms with E-state index in [0.29, 0.717) is 44.0 Å². The maximum Gasteiger partial charge on any atom is 0.410 e. The highest BCUT2D eigenvalue weighted by atomic mass is 32.2. The van der Waals surface area contributed by atoms with Crippen LogP contribution in [0.25, 0.3) is 10.9 Å². The summed E-state index contributed by atoms with van der Waals surface area (Å²) in [6.07, 6.45) is -4.18.